The van der Waals surface area contributed by atoms with Gasteiger partial charge in [0.05, 0.1) is 0 Å². The smallest absolute Gasteiger partial charge is 0.303 e. The molecule has 0 aromatic heterocycles. The molecule has 0 bridgehead atoms. The van der Waals surface area contributed by atoms with Gasteiger partial charge in [-0.25, -0.2) is 0 Å². The molecule has 2 heterocycles. The van der Waals surface area contributed by atoms with Gasteiger partial charge in [-0.2, -0.15) is 0 Å². The Labute approximate surface area is 170 Å². The summed E-state index contributed by atoms with van der Waals surface area (Å²) in [6.45, 7) is 2.65. The molecule has 1 N–H and O–H groups in total. The lowest BCUT2D eigenvalue weighted by Gasteiger charge is -2.39. The van der Waals surface area contributed by atoms with E-state index in [1.165, 1.54) is 4.90 Å². The predicted octanol–water partition coefficient (Wildman–Crippen LogP) is 3.55. The number of benzene rings is 2. The fraction of sp³-hybridized carbons (Fsp3) is 0.435. The number of carboxylic acid groups (broad SMARTS) is 1. The molecule has 0 unspecified atom stereocenters. The number of rotatable bonds is 7. The molecule has 2 aromatic carbocycles. The number of likely N-dealkylation sites (tertiary alicyclic amines) is 1. The van der Waals surface area contributed by atoms with Gasteiger partial charge < -0.3 is 10.0 Å². The number of piperidine rings is 1. The summed E-state index contributed by atoms with van der Waals surface area (Å²) in [6, 6.07) is 11.2. The minimum Gasteiger partial charge on any atom is -0.481 e. The first-order chi connectivity index (χ1) is 14.1. The molecule has 6 heteroatoms. The molecule has 29 heavy (non-hydrogen) atoms. The lowest BCUT2D eigenvalue weighted by molar-refractivity contribution is -0.137. The average molecular weight is 394 g/mol. The lowest BCUT2D eigenvalue weighted by atomic mass is 9.91. The number of unbranched alkanes of at least 4 members (excludes halogenated alkanes) is 2. The Hall–Kier alpha value is -2.73. The van der Waals surface area contributed by atoms with Crippen molar-refractivity contribution in [3.8, 4) is 0 Å². The first-order valence-electron chi connectivity index (χ1n) is 10.4. The number of imide groups is 1. The van der Waals surface area contributed by atoms with E-state index < -0.39 is 5.97 Å². The normalized spacial score (nSPS) is 17.9. The summed E-state index contributed by atoms with van der Waals surface area (Å²) in [6.07, 6.45) is 4.41. The van der Waals surface area contributed by atoms with Gasteiger partial charge >= 0.3 is 5.97 Å². The molecule has 0 saturated carbocycles. The molecule has 4 rings (SSSR count). The molecular formula is C23H26N2O4. The van der Waals surface area contributed by atoms with E-state index in [0.717, 1.165) is 56.1 Å². The second-order valence-electron chi connectivity index (χ2n) is 7.97. The minimum atomic E-state index is -0.737. The Kier molecular flexibility index (Phi) is 5.62. The first-order valence-corrected chi connectivity index (χ1v) is 10.4. The van der Waals surface area contributed by atoms with Crippen LogP contribution in [0.4, 0.5) is 0 Å². The fourth-order valence-corrected chi connectivity index (χ4v) is 4.57. The molecule has 152 valence electrons. The fourth-order valence-electron chi connectivity index (χ4n) is 4.57. The van der Waals surface area contributed by atoms with Crippen molar-refractivity contribution >= 4 is 28.6 Å². The van der Waals surface area contributed by atoms with Crippen LogP contribution in [0.15, 0.2) is 36.4 Å². The van der Waals surface area contributed by atoms with Gasteiger partial charge in [0.1, 0.15) is 0 Å². The summed E-state index contributed by atoms with van der Waals surface area (Å²) in [4.78, 5) is 40.7. The van der Waals surface area contributed by atoms with E-state index >= 15 is 0 Å². The van der Waals surface area contributed by atoms with Gasteiger partial charge in [-0.3, -0.25) is 19.3 Å². The molecule has 0 atom stereocenters. The third-order valence-electron chi connectivity index (χ3n) is 6.09. The Bertz CT molecular complexity index is 896. The maximum absolute atomic E-state index is 13.1. The molecule has 2 aliphatic rings. The van der Waals surface area contributed by atoms with Gasteiger partial charge in [0.25, 0.3) is 11.8 Å². The highest BCUT2D eigenvalue weighted by molar-refractivity contribution is 6.25. The van der Waals surface area contributed by atoms with Crippen LogP contribution in [0.5, 0.6) is 0 Å². The van der Waals surface area contributed by atoms with Crippen LogP contribution in [0.2, 0.25) is 0 Å². The van der Waals surface area contributed by atoms with Crippen molar-refractivity contribution in [2.24, 2.45) is 0 Å². The molecule has 0 aliphatic carbocycles. The second kappa shape index (κ2) is 8.33. The molecule has 0 radical (unpaired) electrons. The standard InChI is InChI=1S/C23H26N2O4/c26-20(27)10-2-1-3-13-24-14-11-17(12-15-24)25-22(28)18-8-4-6-16-7-5-9-19(21(16)18)23(25)29/h4-9,17H,1-3,10-15H2,(H,26,27). The van der Waals surface area contributed by atoms with Crippen molar-refractivity contribution in [1.82, 2.24) is 9.80 Å². The van der Waals surface area contributed by atoms with Crippen molar-refractivity contribution in [3.05, 3.63) is 47.5 Å². The molecule has 0 spiro atoms. The summed E-state index contributed by atoms with van der Waals surface area (Å²) in [5, 5.41) is 10.4. The number of carboxylic acids is 1. The largest absolute Gasteiger partial charge is 0.481 e. The number of aliphatic carboxylic acids is 1. The second-order valence-corrected chi connectivity index (χ2v) is 7.97. The van der Waals surface area contributed by atoms with Crippen LogP contribution < -0.4 is 0 Å². The van der Waals surface area contributed by atoms with Gasteiger partial charge in [-0.05, 0) is 49.7 Å². The van der Waals surface area contributed by atoms with E-state index in [2.05, 4.69) is 4.90 Å². The maximum Gasteiger partial charge on any atom is 0.303 e. The third-order valence-corrected chi connectivity index (χ3v) is 6.09. The topological polar surface area (TPSA) is 77.9 Å². The maximum atomic E-state index is 13.1. The summed E-state index contributed by atoms with van der Waals surface area (Å²) >= 11 is 0. The number of nitrogens with zero attached hydrogens (tertiary/aromatic N) is 2. The van der Waals surface area contributed by atoms with E-state index in [0.29, 0.717) is 17.5 Å². The van der Waals surface area contributed by atoms with E-state index in [9.17, 15) is 14.4 Å². The highest BCUT2D eigenvalue weighted by Gasteiger charge is 2.38. The number of carbonyl (C=O) groups is 3. The van der Waals surface area contributed by atoms with Crippen molar-refractivity contribution in [3.63, 3.8) is 0 Å². The van der Waals surface area contributed by atoms with Crippen LogP contribution in [0.25, 0.3) is 10.8 Å². The first kappa shape index (κ1) is 19.6. The van der Waals surface area contributed by atoms with Crippen LogP contribution in [0, 0.1) is 0 Å². The molecule has 2 aliphatic heterocycles. The number of amides is 2. The van der Waals surface area contributed by atoms with Gasteiger partial charge in [-0.15, -0.1) is 0 Å². The summed E-state index contributed by atoms with van der Waals surface area (Å²) < 4.78 is 0. The van der Waals surface area contributed by atoms with Crippen molar-refractivity contribution in [1.29, 1.82) is 0 Å². The van der Waals surface area contributed by atoms with Crippen molar-refractivity contribution in [2.45, 2.75) is 44.6 Å². The summed E-state index contributed by atoms with van der Waals surface area (Å²) in [5.74, 6) is -1.09. The molecule has 6 nitrogen and oxygen atoms in total. The third kappa shape index (κ3) is 3.90. The van der Waals surface area contributed by atoms with Gasteiger partial charge in [0.15, 0.2) is 0 Å². The Morgan fingerprint density at radius 3 is 2.14 bits per heavy atom. The van der Waals surface area contributed by atoms with Crippen LogP contribution in [-0.2, 0) is 4.79 Å². The van der Waals surface area contributed by atoms with Crippen LogP contribution >= 0.6 is 0 Å². The average Bonchev–Trinajstić information content (AvgIpc) is 2.72. The zero-order chi connectivity index (χ0) is 20.4. The van der Waals surface area contributed by atoms with Crippen molar-refractivity contribution in [2.75, 3.05) is 19.6 Å². The van der Waals surface area contributed by atoms with E-state index in [4.69, 9.17) is 5.11 Å². The zero-order valence-corrected chi connectivity index (χ0v) is 16.5. The Morgan fingerprint density at radius 1 is 0.931 bits per heavy atom. The van der Waals surface area contributed by atoms with E-state index in [1.54, 1.807) is 0 Å². The minimum absolute atomic E-state index is 0.0677. The molecule has 1 saturated heterocycles. The Morgan fingerprint density at radius 2 is 1.55 bits per heavy atom. The van der Waals surface area contributed by atoms with Gasteiger partial charge in [0, 0.05) is 42.1 Å². The molecule has 1 fully saturated rings. The van der Waals surface area contributed by atoms with Crippen molar-refractivity contribution < 1.29 is 19.5 Å². The Balaban J connectivity index is 1.39. The van der Waals surface area contributed by atoms with E-state index in [1.807, 2.05) is 36.4 Å². The number of carbonyl (C=O) groups excluding carboxylic acids is 2. The number of hydrogen-bond acceptors (Lipinski definition) is 4. The van der Waals surface area contributed by atoms with Gasteiger partial charge in [0.2, 0.25) is 0 Å². The van der Waals surface area contributed by atoms with Gasteiger partial charge in [-0.1, -0.05) is 30.7 Å². The SMILES string of the molecule is O=C(O)CCCCCN1CCC(N2C(=O)c3cccc4cccc(c34)C2=O)CC1. The predicted molar refractivity (Wildman–Crippen MR) is 110 cm³/mol. The summed E-state index contributed by atoms with van der Waals surface area (Å²) in [7, 11) is 0. The molecular weight excluding hydrogens is 368 g/mol. The zero-order valence-electron chi connectivity index (χ0n) is 16.5. The molecule has 2 amide bonds. The quantitative estimate of drug-likeness (QED) is 0.574. The van der Waals surface area contributed by atoms with E-state index in [-0.39, 0.29) is 24.3 Å². The number of hydrogen-bond donors (Lipinski definition) is 1. The van der Waals surface area contributed by atoms with Crippen LogP contribution in [0.3, 0.4) is 0 Å². The van der Waals surface area contributed by atoms with Crippen LogP contribution in [-0.4, -0.2) is 58.4 Å². The molecule has 2 aromatic rings. The van der Waals surface area contributed by atoms with Crippen LogP contribution in [0.1, 0.15) is 59.2 Å². The monoisotopic (exact) mass is 394 g/mol. The highest BCUT2D eigenvalue weighted by Crippen LogP contribution is 2.32. The summed E-state index contributed by atoms with van der Waals surface area (Å²) in [5.41, 5.74) is 1.25. The highest BCUT2D eigenvalue weighted by atomic mass is 16.4. The lowest BCUT2D eigenvalue weighted by Crippen LogP contribution is -2.51.